The Hall–Kier alpha value is -1.02. The van der Waals surface area contributed by atoms with Gasteiger partial charge in [0.1, 0.15) is 0 Å². The van der Waals surface area contributed by atoms with E-state index < -0.39 is 10.1 Å². The van der Waals surface area contributed by atoms with E-state index in [0.717, 1.165) is 38.2 Å². The van der Waals surface area contributed by atoms with Gasteiger partial charge in [0.05, 0.1) is 150 Å². The molecule has 0 spiro atoms. The highest BCUT2D eigenvalue weighted by atomic mass is 35.5. The van der Waals surface area contributed by atoms with Crippen LogP contribution in [0, 0.1) is 0 Å². The van der Waals surface area contributed by atoms with Crippen molar-refractivity contribution in [1.82, 2.24) is 0 Å². The summed E-state index contributed by atoms with van der Waals surface area (Å²) in [5.41, 5.74) is 0. The SMILES string of the molecule is O=S(=O)(OCCOCCOCCOCCOCCOCCOCCOCCOCCOCCOCCOCCCCCCCl)c1ccccc1. The Morgan fingerprint density at radius 3 is 0.960 bits per heavy atom. The van der Waals surface area contributed by atoms with Crippen LogP contribution in [-0.2, 0) is 66.4 Å². The first-order valence-corrected chi connectivity index (χ1v) is 19.5. The quantitative estimate of drug-likeness (QED) is 0.0546. The Labute approximate surface area is 304 Å². The average Bonchev–Trinajstić information content (AvgIpc) is 3.13. The lowest BCUT2D eigenvalue weighted by molar-refractivity contribution is -0.0277. The van der Waals surface area contributed by atoms with Crippen LogP contribution in [-0.4, -0.2) is 166 Å². The molecule has 14 nitrogen and oxygen atoms in total. The molecule has 0 aliphatic carbocycles. The first-order valence-electron chi connectivity index (χ1n) is 17.5. The van der Waals surface area contributed by atoms with E-state index in [4.69, 9.17) is 67.9 Å². The lowest BCUT2D eigenvalue weighted by Gasteiger charge is -2.09. The number of benzene rings is 1. The molecule has 1 rings (SSSR count). The van der Waals surface area contributed by atoms with Gasteiger partial charge in [-0.2, -0.15) is 8.42 Å². The largest absolute Gasteiger partial charge is 0.379 e. The first-order chi connectivity index (χ1) is 24.7. The minimum absolute atomic E-state index is 0.0589. The minimum Gasteiger partial charge on any atom is -0.379 e. The van der Waals surface area contributed by atoms with E-state index in [9.17, 15) is 8.42 Å². The van der Waals surface area contributed by atoms with Gasteiger partial charge in [-0.3, -0.25) is 4.18 Å². The second-order valence-corrected chi connectivity index (χ2v) is 12.4. The monoisotopic (exact) mass is 760 g/mol. The normalized spacial score (nSPS) is 11.9. The summed E-state index contributed by atoms with van der Waals surface area (Å²) in [5, 5.41) is 0. The Morgan fingerprint density at radius 2 is 0.640 bits per heavy atom. The molecule has 0 radical (unpaired) electrons. The summed E-state index contributed by atoms with van der Waals surface area (Å²) in [7, 11) is -3.76. The van der Waals surface area contributed by atoms with Gasteiger partial charge in [0.15, 0.2) is 0 Å². The van der Waals surface area contributed by atoms with Crippen LogP contribution in [0.25, 0.3) is 0 Å². The van der Waals surface area contributed by atoms with Gasteiger partial charge in [-0.1, -0.05) is 31.0 Å². The molecule has 0 aromatic heterocycles. The molecule has 0 saturated carbocycles. The van der Waals surface area contributed by atoms with Gasteiger partial charge >= 0.3 is 0 Å². The molecule has 0 bridgehead atoms. The second-order valence-electron chi connectivity index (χ2n) is 10.4. The van der Waals surface area contributed by atoms with E-state index in [0.29, 0.717) is 132 Å². The van der Waals surface area contributed by atoms with Crippen molar-refractivity contribution in [2.24, 2.45) is 0 Å². The van der Waals surface area contributed by atoms with E-state index >= 15 is 0 Å². The van der Waals surface area contributed by atoms with Crippen LogP contribution < -0.4 is 0 Å². The van der Waals surface area contributed by atoms with Crippen molar-refractivity contribution in [2.75, 3.05) is 158 Å². The van der Waals surface area contributed by atoms with Gasteiger partial charge in [0, 0.05) is 12.5 Å². The van der Waals surface area contributed by atoms with Crippen LogP contribution in [0.15, 0.2) is 35.2 Å². The third-order valence-electron chi connectivity index (χ3n) is 6.39. The summed E-state index contributed by atoms with van der Waals surface area (Å²) in [6, 6.07) is 7.98. The van der Waals surface area contributed by atoms with Crippen molar-refractivity contribution in [1.29, 1.82) is 0 Å². The number of hydrogen-bond acceptors (Lipinski definition) is 14. The number of ether oxygens (including phenoxy) is 11. The topological polar surface area (TPSA) is 145 Å². The molecule has 50 heavy (non-hydrogen) atoms. The van der Waals surface area contributed by atoms with Crippen LogP contribution in [0.2, 0.25) is 0 Å². The van der Waals surface area contributed by atoms with Crippen LogP contribution >= 0.6 is 11.6 Å². The van der Waals surface area contributed by atoms with Gasteiger partial charge in [-0.25, -0.2) is 0 Å². The van der Waals surface area contributed by atoms with Crippen molar-refractivity contribution >= 4 is 21.7 Å². The zero-order chi connectivity index (χ0) is 35.9. The summed E-state index contributed by atoms with van der Waals surface area (Å²) in [5.74, 6) is 0.738. The molecule has 0 saturated heterocycles. The Balaban J connectivity index is 1.64. The molecule has 0 N–H and O–H groups in total. The lowest BCUT2D eigenvalue weighted by atomic mass is 10.2. The van der Waals surface area contributed by atoms with Gasteiger partial charge in [-0.05, 0) is 25.0 Å². The molecule has 0 fully saturated rings. The van der Waals surface area contributed by atoms with Gasteiger partial charge in [0.2, 0.25) is 0 Å². The molecule has 0 unspecified atom stereocenters. The fourth-order valence-corrected chi connectivity index (χ4v) is 4.91. The number of hydrogen-bond donors (Lipinski definition) is 0. The predicted octanol–water partition coefficient (Wildman–Crippen LogP) is 3.37. The lowest BCUT2D eigenvalue weighted by Crippen LogP contribution is -2.16. The van der Waals surface area contributed by atoms with E-state index in [1.807, 2.05) is 0 Å². The minimum atomic E-state index is -3.76. The fraction of sp³-hybridized carbons (Fsp3) is 0.824. The maximum absolute atomic E-state index is 12.0. The summed E-state index contributed by atoms with van der Waals surface area (Å²) in [6.07, 6.45) is 4.47. The fourth-order valence-electron chi connectivity index (χ4n) is 3.81. The summed E-state index contributed by atoms with van der Waals surface area (Å²) >= 11 is 5.65. The van der Waals surface area contributed by atoms with Gasteiger partial charge in [0.25, 0.3) is 10.1 Å². The van der Waals surface area contributed by atoms with Crippen LogP contribution in [0.3, 0.4) is 0 Å². The van der Waals surface area contributed by atoms with Crippen LogP contribution in [0.5, 0.6) is 0 Å². The Bertz CT molecular complexity index is 916. The average molecular weight is 761 g/mol. The Kier molecular flexibility index (Phi) is 35.5. The highest BCUT2D eigenvalue weighted by molar-refractivity contribution is 7.86. The maximum Gasteiger partial charge on any atom is 0.297 e. The zero-order valence-electron chi connectivity index (χ0n) is 29.7. The van der Waals surface area contributed by atoms with E-state index in [-0.39, 0.29) is 18.1 Å². The molecule has 294 valence electrons. The summed E-state index contributed by atoms with van der Waals surface area (Å²) in [4.78, 5) is 0.120. The van der Waals surface area contributed by atoms with Crippen molar-refractivity contribution in [3.8, 4) is 0 Å². The smallest absolute Gasteiger partial charge is 0.297 e. The van der Waals surface area contributed by atoms with Gasteiger partial charge < -0.3 is 52.1 Å². The first kappa shape index (κ1) is 47.0. The summed E-state index contributed by atoms with van der Waals surface area (Å²) < 4.78 is 88.9. The molecule has 0 amide bonds. The second kappa shape index (κ2) is 37.7. The number of rotatable bonds is 41. The molecular weight excluding hydrogens is 700 g/mol. The molecule has 1 aromatic carbocycles. The van der Waals surface area contributed by atoms with E-state index in [1.165, 1.54) is 12.1 Å². The van der Waals surface area contributed by atoms with Crippen molar-refractivity contribution in [3.63, 3.8) is 0 Å². The summed E-state index contributed by atoms with van der Waals surface area (Å²) in [6.45, 7) is 10.6. The molecule has 0 heterocycles. The number of unbranched alkanes of at least 4 members (excludes halogenated alkanes) is 3. The van der Waals surface area contributed by atoms with Gasteiger partial charge in [-0.15, -0.1) is 11.6 Å². The molecule has 16 heteroatoms. The molecular formula is C34H61ClO14S. The standard InChI is InChI=1S/C34H61ClO14S/c35-10-6-1-2-7-11-38-12-13-39-14-15-40-16-17-41-18-19-42-20-21-43-22-23-44-24-25-45-26-27-46-28-29-47-30-31-48-32-33-49-50(36,37)34-8-4-3-5-9-34/h3-5,8-9H,1-2,6-7,10-33H2. The third kappa shape index (κ3) is 32.9. The molecule has 0 aliphatic heterocycles. The molecule has 1 aromatic rings. The van der Waals surface area contributed by atoms with Crippen molar-refractivity contribution < 1.29 is 64.7 Å². The third-order valence-corrected chi connectivity index (χ3v) is 7.98. The Morgan fingerprint density at radius 1 is 0.360 bits per heavy atom. The van der Waals surface area contributed by atoms with E-state index in [2.05, 4.69) is 0 Å². The highest BCUT2D eigenvalue weighted by Gasteiger charge is 2.13. The van der Waals surface area contributed by atoms with Crippen molar-refractivity contribution in [3.05, 3.63) is 30.3 Å². The predicted molar refractivity (Wildman–Crippen MR) is 188 cm³/mol. The van der Waals surface area contributed by atoms with Crippen molar-refractivity contribution in [2.45, 2.75) is 30.6 Å². The molecule has 0 atom stereocenters. The zero-order valence-corrected chi connectivity index (χ0v) is 31.3. The van der Waals surface area contributed by atoms with E-state index in [1.54, 1.807) is 18.2 Å². The number of halogens is 1. The molecule has 0 aliphatic rings. The maximum atomic E-state index is 12.0. The van der Waals surface area contributed by atoms with Crippen LogP contribution in [0.1, 0.15) is 25.7 Å². The number of alkyl halides is 1. The van der Waals surface area contributed by atoms with Crippen LogP contribution in [0.4, 0.5) is 0 Å². The highest BCUT2D eigenvalue weighted by Crippen LogP contribution is 2.10.